The van der Waals surface area contributed by atoms with Gasteiger partial charge in [0, 0.05) is 21.1 Å². The van der Waals surface area contributed by atoms with Crippen LogP contribution in [0.25, 0.3) is 0 Å². The second-order valence-electron chi connectivity index (χ2n) is 2.83. The molecule has 0 bridgehead atoms. The smallest absolute Gasteiger partial charge is 0.269 e. The third-order valence-electron chi connectivity index (χ3n) is 1.85. The molecule has 74 valence electrons. The summed E-state index contributed by atoms with van der Waals surface area (Å²) >= 11 is 0. The van der Waals surface area contributed by atoms with Crippen LogP contribution in [-0.4, -0.2) is 30.0 Å². The molecule has 0 fully saturated rings. The highest BCUT2D eigenvalue weighted by atomic mass is 28.2. The Labute approximate surface area is 77.3 Å². The minimum Gasteiger partial charge on any atom is -0.376 e. The van der Waals surface area contributed by atoms with Crippen molar-refractivity contribution in [2.75, 3.05) is 14.2 Å². The SMILES string of the molecule is CCCC[SiH2]OC(C)(OC)OC. The number of methoxy groups -OCH3 is 2. The van der Waals surface area contributed by atoms with Crippen LogP contribution in [0.2, 0.25) is 6.04 Å². The van der Waals surface area contributed by atoms with Gasteiger partial charge in [-0.2, -0.15) is 0 Å². The highest BCUT2D eigenvalue weighted by molar-refractivity contribution is 6.27. The van der Waals surface area contributed by atoms with Gasteiger partial charge in [-0.1, -0.05) is 19.8 Å². The molecule has 0 saturated heterocycles. The van der Waals surface area contributed by atoms with Crippen LogP contribution in [0.3, 0.4) is 0 Å². The summed E-state index contributed by atoms with van der Waals surface area (Å²) in [6, 6.07) is 1.19. The Bertz CT molecular complexity index is 104. The number of unbranched alkanes of at least 4 members (excludes halogenated alkanes) is 1. The molecule has 0 aromatic carbocycles. The lowest BCUT2D eigenvalue weighted by Gasteiger charge is -2.26. The number of rotatable bonds is 7. The van der Waals surface area contributed by atoms with Crippen molar-refractivity contribution >= 4 is 9.76 Å². The number of hydrogen-bond acceptors (Lipinski definition) is 3. The second kappa shape index (κ2) is 6.60. The minimum absolute atomic E-state index is 0.476. The van der Waals surface area contributed by atoms with Gasteiger partial charge < -0.3 is 13.9 Å². The maximum Gasteiger partial charge on any atom is 0.269 e. The predicted octanol–water partition coefficient (Wildman–Crippen LogP) is 1.27. The van der Waals surface area contributed by atoms with E-state index in [2.05, 4.69) is 6.92 Å². The quantitative estimate of drug-likeness (QED) is 0.345. The van der Waals surface area contributed by atoms with E-state index >= 15 is 0 Å². The first-order valence-electron chi connectivity index (χ1n) is 4.42. The zero-order valence-corrected chi connectivity index (χ0v) is 9.97. The van der Waals surface area contributed by atoms with Crippen LogP contribution in [0.5, 0.6) is 0 Å². The van der Waals surface area contributed by atoms with Gasteiger partial charge in [0.15, 0.2) is 9.76 Å². The van der Waals surface area contributed by atoms with E-state index in [0.717, 1.165) is 0 Å². The van der Waals surface area contributed by atoms with Gasteiger partial charge in [-0.15, -0.1) is 0 Å². The van der Waals surface area contributed by atoms with E-state index in [1.807, 2.05) is 0 Å². The van der Waals surface area contributed by atoms with E-state index in [9.17, 15) is 0 Å². The molecule has 0 heterocycles. The van der Waals surface area contributed by atoms with Crippen molar-refractivity contribution in [2.24, 2.45) is 0 Å². The Morgan fingerprint density at radius 2 is 1.83 bits per heavy atom. The lowest BCUT2D eigenvalue weighted by atomic mass is 10.4. The van der Waals surface area contributed by atoms with Crippen LogP contribution < -0.4 is 0 Å². The van der Waals surface area contributed by atoms with E-state index in [1.165, 1.54) is 18.9 Å². The van der Waals surface area contributed by atoms with Crippen molar-refractivity contribution in [2.45, 2.75) is 38.7 Å². The van der Waals surface area contributed by atoms with E-state index in [0.29, 0.717) is 0 Å². The zero-order valence-electron chi connectivity index (χ0n) is 8.55. The molecule has 0 rings (SSSR count). The molecule has 0 aliphatic heterocycles. The fourth-order valence-corrected chi connectivity index (χ4v) is 2.27. The largest absolute Gasteiger partial charge is 0.376 e. The Morgan fingerprint density at radius 3 is 2.25 bits per heavy atom. The van der Waals surface area contributed by atoms with Gasteiger partial charge in [-0.25, -0.2) is 0 Å². The predicted molar refractivity (Wildman–Crippen MR) is 51.8 cm³/mol. The van der Waals surface area contributed by atoms with Crippen LogP contribution in [0.4, 0.5) is 0 Å². The zero-order chi connectivity index (χ0) is 9.45. The molecule has 0 saturated carbocycles. The number of hydrogen-bond donors (Lipinski definition) is 0. The van der Waals surface area contributed by atoms with Gasteiger partial charge in [0.1, 0.15) is 0 Å². The van der Waals surface area contributed by atoms with Gasteiger partial charge in [0.25, 0.3) is 5.97 Å². The molecule has 0 radical (unpaired) electrons. The van der Waals surface area contributed by atoms with Crippen LogP contribution in [-0.2, 0) is 13.9 Å². The van der Waals surface area contributed by atoms with Crippen LogP contribution in [0, 0.1) is 0 Å². The van der Waals surface area contributed by atoms with Crippen LogP contribution in [0.1, 0.15) is 26.7 Å². The summed E-state index contributed by atoms with van der Waals surface area (Å²) in [5.41, 5.74) is 0. The van der Waals surface area contributed by atoms with Crippen LogP contribution >= 0.6 is 0 Å². The summed E-state index contributed by atoms with van der Waals surface area (Å²) < 4.78 is 15.6. The fourth-order valence-electron chi connectivity index (χ4n) is 0.811. The standard InChI is InChI=1S/C8H20O3Si/c1-5-6-7-12-11-8(2,9-3)10-4/h5-7,12H2,1-4H3. The van der Waals surface area contributed by atoms with Gasteiger partial charge in [0.05, 0.1) is 0 Å². The lowest BCUT2D eigenvalue weighted by molar-refractivity contribution is -0.310. The first-order valence-corrected chi connectivity index (χ1v) is 6.00. The lowest BCUT2D eigenvalue weighted by Crippen LogP contribution is -2.34. The molecule has 0 amide bonds. The maximum atomic E-state index is 5.52. The topological polar surface area (TPSA) is 27.7 Å². The first kappa shape index (κ1) is 12.1. The summed E-state index contributed by atoms with van der Waals surface area (Å²) in [7, 11) is 2.71. The van der Waals surface area contributed by atoms with Crippen molar-refractivity contribution in [3.05, 3.63) is 0 Å². The molecule has 3 nitrogen and oxygen atoms in total. The van der Waals surface area contributed by atoms with Crippen molar-refractivity contribution in [3.8, 4) is 0 Å². The first-order chi connectivity index (χ1) is 5.68. The average Bonchev–Trinajstić information content (AvgIpc) is 2.12. The highest BCUT2D eigenvalue weighted by Crippen LogP contribution is 2.11. The van der Waals surface area contributed by atoms with Gasteiger partial charge in [-0.05, 0) is 6.04 Å². The molecule has 0 aromatic rings. The van der Waals surface area contributed by atoms with E-state index in [1.54, 1.807) is 21.1 Å². The minimum atomic E-state index is -0.806. The monoisotopic (exact) mass is 192 g/mol. The van der Waals surface area contributed by atoms with Crippen molar-refractivity contribution in [1.29, 1.82) is 0 Å². The second-order valence-corrected chi connectivity index (χ2v) is 4.23. The normalized spacial score (nSPS) is 13.0. The van der Waals surface area contributed by atoms with E-state index in [-0.39, 0.29) is 0 Å². The molecule has 0 N–H and O–H groups in total. The fraction of sp³-hybridized carbons (Fsp3) is 1.00. The molecule has 0 aliphatic carbocycles. The number of ether oxygens (including phenoxy) is 2. The van der Waals surface area contributed by atoms with E-state index < -0.39 is 15.7 Å². The summed E-state index contributed by atoms with van der Waals surface area (Å²) in [6.07, 6.45) is 2.47. The molecule has 0 atom stereocenters. The highest BCUT2D eigenvalue weighted by Gasteiger charge is 2.22. The summed E-state index contributed by atoms with van der Waals surface area (Å²) in [6.45, 7) is 3.98. The molecule has 4 heteroatoms. The Hall–Kier alpha value is 0.0969. The van der Waals surface area contributed by atoms with Gasteiger partial charge in [0.2, 0.25) is 0 Å². The Morgan fingerprint density at radius 1 is 1.25 bits per heavy atom. The third-order valence-corrected chi connectivity index (χ3v) is 3.37. The van der Waals surface area contributed by atoms with Crippen LogP contribution in [0.15, 0.2) is 0 Å². The van der Waals surface area contributed by atoms with Gasteiger partial charge >= 0.3 is 0 Å². The van der Waals surface area contributed by atoms with Crippen molar-refractivity contribution in [3.63, 3.8) is 0 Å². The molecule has 0 spiro atoms. The Kier molecular flexibility index (Phi) is 6.65. The molecular weight excluding hydrogens is 172 g/mol. The molecule has 0 aromatic heterocycles. The average molecular weight is 192 g/mol. The maximum absolute atomic E-state index is 5.52. The molecule has 0 unspecified atom stereocenters. The van der Waals surface area contributed by atoms with Gasteiger partial charge in [-0.3, -0.25) is 0 Å². The molecule has 12 heavy (non-hydrogen) atoms. The summed E-state index contributed by atoms with van der Waals surface area (Å²) in [4.78, 5) is 0. The third kappa shape index (κ3) is 4.87. The van der Waals surface area contributed by atoms with E-state index in [4.69, 9.17) is 13.9 Å². The van der Waals surface area contributed by atoms with Crippen molar-refractivity contribution < 1.29 is 13.9 Å². The summed E-state index contributed by atoms with van der Waals surface area (Å²) in [5, 5.41) is 0. The molecule has 0 aliphatic rings. The molecular formula is C8H20O3Si. The summed E-state index contributed by atoms with van der Waals surface area (Å²) in [5.74, 6) is -0.806. The Balaban J connectivity index is 3.45. The van der Waals surface area contributed by atoms with Crippen molar-refractivity contribution in [1.82, 2.24) is 0 Å².